The van der Waals surface area contributed by atoms with Crippen LogP contribution in [0.25, 0.3) is 0 Å². The Kier molecular flexibility index (Phi) is 9.84. The topological polar surface area (TPSA) is 58.9 Å². The van der Waals surface area contributed by atoms with Crippen LogP contribution < -0.4 is 9.47 Å². The summed E-state index contributed by atoms with van der Waals surface area (Å²) in [6, 6.07) is 14.1. The molecule has 8 heteroatoms. The van der Waals surface area contributed by atoms with Crippen molar-refractivity contribution in [2.75, 3.05) is 19.8 Å². The maximum atomic E-state index is 12.2. The van der Waals surface area contributed by atoms with Crippen LogP contribution in [0.4, 0.5) is 13.2 Å². The Morgan fingerprint density at radius 2 is 1.37 bits per heavy atom. The van der Waals surface area contributed by atoms with Gasteiger partial charge in [-0.05, 0) is 48.4 Å². The molecule has 0 aliphatic carbocycles. The zero-order valence-electron chi connectivity index (χ0n) is 14.4. The van der Waals surface area contributed by atoms with E-state index in [0.717, 1.165) is 11.1 Å². The van der Waals surface area contributed by atoms with Gasteiger partial charge in [0, 0.05) is 21.1 Å². The standard InChI is InChI=1S/C19H20F3O4.W/c20-19(21,22)18(24)13-26-17-8-4-15(5-9-17)12-14-2-6-16(7-3-14)25-11-1-10-23;/h1-9,18,23-24H,10-13H2;/q-1;. The van der Waals surface area contributed by atoms with Crippen LogP contribution in [0.5, 0.6) is 11.5 Å². The molecule has 2 aromatic carbocycles. The van der Waals surface area contributed by atoms with E-state index in [1.807, 2.05) is 24.3 Å². The second-order valence-corrected chi connectivity index (χ2v) is 5.62. The summed E-state index contributed by atoms with van der Waals surface area (Å²) in [7, 11) is 0. The molecule has 1 atom stereocenters. The van der Waals surface area contributed by atoms with Crippen molar-refractivity contribution in [1.82, 2.24) is 0 Å². The maximum absolute atomic E-state index is 12.2. The zero-order chi connectivity index (χ0) is 19.0. The van der Waals surface area contributed by atoms with Crippen LogP contribution in [0.2, 0.25) is 0 Å². The van der Waals surface area contributed by atoms with E-state index in [1.54, 1.807) is 30.7 Å². The quantitative estimate of drug-likeness (QED) is 0.371. The predicted molar refractivity (Wildman–Crippen MR) is 90.1 cm³/mol. The summed E-state index contributed by atoms with van der Waals surface area (Å²) in [5.74, 6) is 0.964. The average molecular weight is 553 g/mol. The molecule has 2 aromatic rings. The number of rotatable bonds is 9. The van der Waals surface area contributed by atoms with E-state index in [-0.39, 0.29) is 33.4 Å². The van der Waals surface area contributed by atoms with Gasteiger partial charge < -0.3 is 19.7 Å². The first-order valence-corrected chi connectivity index (χ1v) is 7.99. The third kappa shape index (κ3) is 8.33. The van der Waals surface area contributed by atoms with Gasteiger partial charge in [-0.2, -0.15) is 13.2 Å². The van der Waals surface area contributed by atoms with E-state index in [9.17, 15) is 13.2 Å². The van der Waals surface area contributed by atoms with Crippen LogP contribution >= 0.6 is 0 Å². The molecule has 0 aliphatic rings. The Balaban J connectivity index is 0.00000364. The first-order valence-electron chi connectivity index (χ1n) is 7.99. The van der Waals surface area contributed by atoms with E-state index in [2.05, 4.69) is 0 Å². The van der Waals surface area contributed by atoms with Crippen LogP contribution in [0.3, 0.4) is 0 Å². The minimum absolute atomic E-state index is 0. The molecule has 27 heavy (non-hydrogen) atoms. The van der Waals surface area contributed by atoms with E-state index in [4.69, 9.17) is 19.7 Å². The first kappa shape index (κ1) is 23.5. The van der Waals surface area contributed by atoms with E-state index < -0.39 is 18.9 Å². The number of aliphatic hydroxyl groups excluding tert-OH is 2. The fraction of sp³-hybridized carbons (Fsp3) is 0.316. The Morgan fingerprint density at radius 1 is 0.889 bits per heavy atom. The molecule has 0 amide bonds. The first-order chi connectivity index (χ1) is 12.4. The van der Waals surface area contributed by atoms with Crippen LogP contribution in [0, 0.1) is 6.42 Å². The predicted octanol–water partition coefficient (Wildman–Crippen LogP) is 3.15. The molecule has 0 fully saturated rings. The number of benzene rings is 2. The summed E-state index contributed by atoms with van der Waals surface area (Å²) < 4.78 is 47.0. The molecule has 0 radical (unpaired) electrons. The number of hydrogen-bond donors (Lipinski definition) is 2. The van der Waals surface area contributed by atoms with Crippen molar-refractivity contribution in [1.29, 1.82) is 0 Å². The third-order valence-electron chi connectivity index (χ3n) is 3.54. The van der Waals surface area contributed by atoms with Gasteiger partial charge >= 0.3 is 6.18 Å². The van der Waals surface area contributed by atoms with Crippen molar-refractivity contribution in [2.45, 2.75) is 18.7 Å². The Labute approximate surface area is 170 Å². The number of ether oxygens (including phenoxy) is 2. The number of alkyl halides is 3. The molecular weight excluding hydrogens is 533 g/mol. The zero-order valence-corrected chi connectivity index (χ0v) is 17.3. The minimum Gasteiger partial charge on any atom is -0.525 e. The maximum Gasteiger partial charge on any atom is 0.417 e. The second kappa shape index (κ2) is 11.3. The summed E-state index contributed by atoms with van der Waals surface area (Å²) in [5, 5.41) is 17.6. The van der Waals surface area contributed by atoms with Crippen LogP contribution in [-0.4, -0.2) is 42.3 Å². The van der Waals surface area contributed by atoms with E-state index in [1.165, 1.54) is 0 Å². The van der Waals surface area contributed by atoms with Crippen LogP contribution in [-0.2, 0) is 27.5 Å². The van der Waals surface area contributed by atoms with Crippen LogP contribution in [0.15, 0.2) is 48.5 Å². The summed E-state index contributed by atoms with van der Waals surface area (Å²) in [6.45, 7) is -0.536. The normalized spacial score (nSPS) is 12.2. The summed E-state index contributed by atoms with van der Waals surface area (Å²) >= 11 is 0. The number of hydrogen-bond acceptors (Lipinski definition) is 4. The second-order valence-electron chi connectivity index (χ2n) is 5.62. The molecule has 0 heterocycles. The molecule has 2 N–H and O–H groups in total. The van der Waals surface area contributed by atoms with Crippen molar-refractivity contribution in [3.05, 3.63) is 66.1 Å². The van der Waals surface area contributed by atoms with E-state index >= 15 is 0 Å². The van der Waals surface area contributed by atoms with Crippen molar-refractivity contribution in [3.63, 3.8) is 0 Å². The van der Waals surface area contributed by atoms with Gasteiger partial charge in [0.2, 0.25) is 0 Å². The van der Waals surface area contributed by atoms with Gasteiger partial charge in [-0.1, -0.05) is 30.9 Å². The van der Waals surface area contributed by atoms with Crippen molar-refractivity contribution >= 4 is 0 Å². The Hall–Kier alpha value is -1.56. The monoisotopic (exact) mass is 553 g/mol. The molecule has 2 rings (SSSR count). The Morgan fingerprint density at radius 3 is 1.81 bits per heavy atom. The van der Waals surface area contributed by atoms with Gasteiger partial charge in [0.1, 0.15) is 18.1 Å². The average Bonchev–Trinajstić information content (AvgIpc) is 2.62. The minimum atomic E-state index is -4.69. The van der Waals surface area contributed by atoms with Crippen LogP contribution in [0.1, 0.15) is 11.1 Å². The van der Waals surface area contributed by atoms with Gasteiger partial charge in [-0.3, -0.25) is 6.42 Å². The van der Waals surface area contributed by atoms with Gasteiger partial charge in [-0.25, -0.2) is 0 Å². The molecule has 0 spiro atoms. The smallest absolute Gasteiger partial charge is 0.417 e. The molecule has 0 aromatic heterocycles. The fourth-order valence-corrected chi connectivity index (χ4v) is 2.12. The summed E-state index contributed by atoms with van der Waals surface area (Å²) in [5.41, 5.74) is 2.01. The molecule has 1 unspecified atom stereocenters. The third-order valence-corrected chi connectivity index (χ3v) is 3.54. The molecule has 0 saturated heterocycles. The van der Waals surface area contributed by atoms with Gasteiger partial charge in [0.25, 0.3) is 0 Å². The van der Waals surface area contributed by atoms with Gasteiger partial charge in [0.15, 0.2) is 6.10 Å². The fourth-order valence-electron chi connectivity index (χ4n) is 2.12. The van der Waals surface area contributed by atoms with Crippen molar-refractivity contribution in [3.8, 4) is 11.5 Å². The van der Waals surface area contributed by atoms with Gasteiger partial charge in [0.05, 0.1) is 0 Å². The number of aliphatic hydroxyl groups is 2. The molecule has 0 bridgehead atoms. The van der Waals surface area contributed by atoms with Crippen molar-refractivity contribution < 1.29 is 53.9 Å². The molecule has 0 saturated carbocycles. The largest absolute Gasteiger partial charge is 0.525 e. The summed E-state index contributed by atoms with van der Waals surface area (Å²) in [4.78, 5) is 0. The SMILES string of the molecule is OC[CH-]COc1ccc(Cc2ccc(OCC(O)C(F)(F)F)cc2)cc1.[W]. The molecule has 0 aliphatic heterocycles. The molecule has 4 nitrogen and oxygen atoms in total. The summed E-state index contributed by atoms with van der Waals surface area (Å²) in [6.07, 6.45) is -4.94. The van der Waals surface area contributed by atoms with Crippen molar-refractivity contribution in [2.24, 2.45) is 0 Å². The molecular formula is C19H20F3O4W-. The van der Waals surface area contributed by atoms with E-state index in [0.29, 0.717) is 18.8 Å². The Bertz CT molecular complexity index is 660. The number of halogens is 3. The molecule has 148 valence electrons. The van der Waals surface area contributed by atoms with Gasteiger partial charge in [-0.15, -0.1) is 0 Å².